The lowest BCUT2D eigenvalue weighted by Crippen LogP contribution is -2.31. The van der Waals surface area contributed by atoms with Crippen molar-refractivity contribution in [3.05, 3.63) is 60.7 Å². The lowest BCUT2D eigenvalue weighted by molar-refractivity contribution is 1.30. The van der Waals surface area contributed by atoms with Crippen LogP contribution >= 0.6 is 24.0 Å². The second-order valence-corrected chi connectivity index (χ2v) is 3.89. The largest absolute Gasteiger partial charge is 0.286 e. The maximum Gasteiger partial charge on any atom is 0.192 e. The molecule has 0 heterocycles. The van der Waals surface area contributed by atoms with Gasteiger partial charge in [0.15, 0.2) is 5.11 Å². The smallest absolute Gasteiger partial charge is 0.192 e. The molecule has 0 saturated carbocycles. The highest BCUT2D eigenvalue weighted by atomic mass is 35.5. The minimum Gasteiger partial charge on any atom is -0.286 e. The fourth-order valence-corrected chi connectivity index (χ4v) is 1.80. The summed E-state index contributed by atoms with van der Waals surface area (Å²) >= 11 is 10.8. The number of nitrogens with zero attached hydrogens (tertiary/aromatic N) is 1. The van der Waals surface area contributed by atoms with E-state index in [4.69, 9.17) is 24.0 Å². The van der Waals surface area contributed by atoms with Gasteiger partial charge in [0.05, 0.1) is 5.69 Å². The first-order valence-corrected chi connectivity index (χ1v) is 5.84. The summed E-state index contributed by atoms with van der Waals surface area (Å²) in [5.41, 5.74) is 1.78. The van der Waals surface area contributed by atoms with E-state index in [1.807, 2.05) is 59.5 Å². The Hall–Kier alpha value is -1.58. The van der Waals surface area contributed by atoms with Crippen molar-refractivity contribution >= 4 is 40.5 Å². The van der Waals surface area contributed by atoms with Crippen molar-refractivity contribution in [3.63, 3.8) is 0 Å². The van der Waals surface area contributed by atoms with Crippen molar-refractivity contribution < 1.29 is 0 Å². The van der Waals surface area contributed by atoms with Gasteiger partial charge in [0, 0.05) is 23.5 Å². The van der Waals surface area contributed by atoms with Crippen LogP contribution in [0.2, 0.25) is 0 Å². The van der Waals surface area contributed by atoms with Crippen LogP contribution in [0.3, 0.4) is 0 Å². The van der Waals surface area contributed by atoms with E-state index in [9.17, 15) is 0 Å². The average Bonchev–Trinajstić information content (AvgIpc) is 2.41. The molecule has 0 fully saturated rings. The van der Waals surface area contributed by atoms with Gasteiger partial charge in [0.1, 0.15) is 0 Å². The van der Waals surface area contributed by atoms with Gasteiger partial charge in [-0.3, -0.25) is 9.74 Å². The van der Waals surface area contributed by atoms with Gasteiger partial charge in [-0.25, -0.2) is 0 Å². The number of thiocarbonyl (C=S) groups is 1. The summed E-state index contributed by atoms with van der Waals surface area (Å²) in [4.78, 5) is 4.29. The zero-order chi connectivity index (χ0) is 12.1. The summed E-state index contributed by atoms with van der Waals surface area (Å²) < 4.78 is 0. The van der Waals surface area contributed by atoms with E-state index in [0.29, 0.717) is 5.11 Å². The van der Waals surface area contributed by atoms with Crippen LogP contribution in [-0.4, -0.2) is 5.11 Å². The summed E-state index contributed by atoms with van der Waals surface area (Å²) in [6, 6.07) is 20.5. The van der Waals surface area contributed by atoms with Gasteiger partial charge in [0.2, 0.25) is 0 Å². The third-order valence-electron chi connectivity index (χ3n) is 2.23. The highest BCUT2D eigenvalue weighted by Crippen LogP contribution is 2.24. The molecule has 2 rings (SSSR count). The molecule has 2 aromatic rings. The number of benzene rings is 2. The van der Waals surface area contributed by atoms with Crippen LogP contribution < -0.4 is 9.74 Å². The van der Waals surface area contributed by atoms with Crippen molar-refractivity contribution in [2.45, 2.75) is 0 Å². The van der Waals surface area contributed by atoms with Crippen molar-refractivity contribution in [2.24, 2.45) is 0 Å². The van der Waals surface area contributed by atoms with Crippen LogP contribution in [-0.2, 0) is 0 Å². The van der Waals surface area contributed by atoms with Crippen LogP contribution in [0.1, 0.15) is 0 Å². The molecule has 0 saturated heterocycles. The molecule has 0 spiro atoms. The molecular formula is C13H10ClN2S. The second-order valence-electron chi connectivity index (χ2n) is 3.32. The van der Waals surface area contributed by atoms with Crippen molar-refractivity contribution in [1.82, 2.24) is 4.84 Å². The molecule has 0 aliphatic carbocycles. The number of rotatable bonds is 2. The van der Waals surface area contributed by atoms with Crippen LogP contribution in [0.15, 0.2) is 54.6 Å². The molecule has 0 atom stereocenters. The zero-order valence-electron chi connectivity index (χ0n) is 8.93. The Labute approximate surface area is 111 Å². The predicted molar refractivity (Wildman–Crippen MR) is 75.4 cm³/mol. The van der Waals surface area contributed by atoms with Gasteiger partial charge in [-0.1, -0.05) is 36.4 Å². The van der Waals surface area contributed by atoms with Gasteiger partial charge in [-0.2, -0.15) is 0 Å². The molecule has 0 amide bonds. The molecule has 2 aromatic carbocycles. The van der Waals surface area contributed by atoms with Crippen LogP contribution in [0.25, 0.3) is 0 Å². The predicted octanol–water partition coefficient (Wildman–Crippen LogP) is 3.65. The first-order chi connectivity index (χ1) is 8.33. The Balaban J connectivity index is 2.43. The van der Waals surface area contributed by atoms with Crippen LogP contribution in [0, 0.1) is 6.07 Å². The monoisotopic (exact) mass is 261 g/mol. The standard InChI is InChI=1S/C13H10ClN2S/c14-15-13(17)16(11-7-3-1-4-8-11)12-9-5-2-6-10-12/h1-9H,(H,15,17). The summed E-state index contributed by atoms with van der Waals surface area (Å²) in [6.45, 7) is 0. The number of para-hydroxylation sites is 2. The quantitative estimate of drug-likeness (QED) is 0.656. The first-order valence-electron chi connectivity index (χ1n) is 5.05. The molecule has 0 aromatic heterocycles. The molecule has 0 aliphatic rings. The fraction of sp³-hybridized carbons (Fsp3) is 0. The van der Waals surface area contributed by atoms with Gasteiger partial charge in [0.25, 0.3) is 0 Å². The van der Waals surface area contributed by atoms with Gasteiger partial charge >= 0.3 is 0 Å². The van der Waals surface area contributed by atoms with E-state index >= 15 is 0 Å². The third kappa shape index (κ3) is 2.75. The Morgan fingerprint density at radius 1 is 1.12 bits per heavy atom. The summed E-state index contributed by atoms with van der Waals surface area (Å²) in [5.74, 6) is 0. The Kier molecular flexibility index (Phi) is 3.96. The van der Waals surface area contributed by atoms with E-state index < -0.39 is 0 Å². The van der Waals surface area contributed by atoms with E-state index in [0.717, 1.165) is 11.4 Å². The summed E-state index contributed by atoms with van der Waals surface area (Å²) in [5, 5.41) is 0.417. The number of anilines is 2. The Bertz CT molecular complexity index is 448. The maximum atomic E-state index is 5.60. The number of halogens is 1. The molecule has 1 radical (unpaired) electrons. The molecule has 2 nitrogen and oxygen atoms in total. The average molecular weight is 262 g/mol. The molecule has 0 bridgehead atoms. The van der Waals surface area contributed by atoms with Crippen molar-refractivity contribution in [2.75, 3.05) is 4.90 Å². The normalized spacial score (nSPS) is 9.71. The summed E-state index contributed by atoms with van der Waals surface area (Å²) in [6.07, 6.45) is 0. The van der Waals surface area contributed by atoms with Crippen LogP contribution in [0.5, 0.6) is 0 Å². The second kappa shape index (κ2) is 5.66. The fourth-order valence-electron chi connectivity index (χ4n) is 1.51. The number of hydrogen-bond donors (Lipinski definition) is 1. The zero-order valence-corrected chi connectivity index (χ0v) is 10.5. The molecule has 4 heteroatoms. The molecule has 0 aliphatic heterocycles. The minimum absolute atomic E-state index is 0.417. The van der Waals surface area contributed by atoms with Crippen molar-refractivity contribution in [1.29, 1.82) is 0 Å². The van der Waals surface area contributed by atoms with Gasteiger partial charge in [-0.15, -0.1) is 0 Å². The topological polar surface area (TPSA) is 15.3 Å². The SMILES string of the molecule is S=C(NCl)N(c1[c]cccc1)c1ccccc1. The maximum absolute atomic E-state index is 5.60. The van der Waals surface area contributed by atoms with E-state index in [1.54, 1.807) is 0 Å². The van der Waals surface area contributed by atoms with E-state index in [-0.39, 0.29) is 0 Å². The molecule has 17 heavy (non-hydrogen) atoms. The minimum atomic E-state index is 0.417. The lowest BCUT2D eigenvalue weighted by atomic mass is 10.2. The van der Waals surface area contributed by atoms with E-state index in [2.05, 4.69) is 10.9 Å². The molecule has 85 valence electrons. The first kappa shape index (κ1) is 11.9. The van der Waals surface area contributed by atoms with E-state index in [1.165, 1.54) is 0 Å². The Morgan fingerprint density at radius 2 is 1.82 bits per heavy atom. The van der Waals surface area contributed by atoms with Gasteiger partial charge in [-0.05, 0) is 30.4 Å². The summed E-state index contributed by atoms with van der Waals surface area (Å²) in [7, 11) is 0. The number of nitrogens with one attached hydrogen (secondary N) is 1. The third-order valence-corrected chi connectivity index (χ3v) is 2.81. The van der Waals surface area contributed by atoms with Crippen molar-refractivity contribution in [3.8, 4) is 0 Å². The van der Waals surface area contributed by atoms with Gasteiger partial charge < -0.3 is 0 Å². The molecule has 0 unspecified atom stereocenters. The highest BCUT2D eigenvalue weighted by Gasteiger charge is 2.13. The highest BCUT2D eigenvalue weighted by molar-refractivity contribution is 7.80. The van der Waals surface area contributed by atoms with Crippen LogP contribution in [0.4, 0.5) is 11.4 Å². The number of hydrogen-bond acceptors (Lipinski definition) is 1. The molecular weight excluding hydrogens is 252 g/mol. The Morgan fingerprint density at radius 3 is 2.41 bits per heavy atom. The molecule has 1 N–H and O–H groups in total. The lowest BCUT2D eigenvalue weighted by Gasteiger charge is -2.23.